The van der Waals surface area contributed by atoms with Crippen molar-refractivity contribution < 1.29 is 4.79 Å². The van der Waals surface area contributed by atoms with Crippen LogP contribution in [0.4, 0.5) is 0 Å². The van der Waals surface area contributed by atoms with Gasteiger partial charge in [-0.2, -0.15) is 0 Å². The number of carbonyl (C=O) groups is 1. The standard InChI is InChI=1S/C10H18N2O/c1-2-9(11)10(13)12-6-7-3-4-8(12)5-7/h7-9H,2-6,11H2,1H3/t7?,8?,9-/m1/s1. The van der Waals surface area contributed by atoms with Gasteiger partial charge in [0, 0.05) is 12.6 Å². The minimum Gasteiger partial charge on any atom is -0.338 e. The highest BCUT2D eigenvalue weighted by atomic mass is 16.2. The van der Waals surface area contributed by atoms with Crippen LogP contribution in [-0.2, 0) is 4.79 Å². The van der Waals surface area contributed by atoms with Crippen LogP contribution in [0.2, 0.25) is 0 Å². The first kappa shape index (κ1) is 9.00. The number of carbonyl (C=O) groups excluding carboxylic acids is 1. The van der Waals surface area contributed by atoms with Gasteiger partial charge >= 0.3 is 0 Å². The van der Waals surface area contributed by atoms with E-state index in [4.69, 9.17) is 5.73 Å². The van der Waals surface area contributed by atoms with Crippen molar-refractivity contribution in [1.29, 1.82) is 0 Å². The molecule has 3 heteroatoms. The smallest absolute Gasteiger partial charge is 0.239 e. The molecule has 1 heterocycles. The van der Waals surface area contributed by atoms with Crippen LogP contribution in [0.15, 0.2) is 0 Å². The molecule has 2 unspecified atom stereocenters. The molecule has 1 saturated heterocycles. The van der Waals surface area contributed by atoms with E-state index in [2.05, 4.69) is 0 Å². The van der Waals surface area contributed by atoms with Crippen LogP contribution >= 0.6 is 0 Å². The van der Waals surface area contributed by atoms with Crippen molar-refractivity contribution in [3.8, 4) is 0 Å². The molecular formula is C10H18N2O. The Morgan fingerprint density at radius 3 is 2.85 bits per heavy atom. The molecule has 0 radical (unpaired) electrons. The van der Waals surface area contributed by atoms with E-state index in [-0.39, 0.29) is 11.9 Å². The van der Waals surface area contributed by atoms with Gasteiger partial charge in [-0.1, -0.05) is 6.92 Å². The highest BCUT2D eigenvalue weighted by Gasteiger charge is 2.40. The van der Waals surface area contributed by atoms with Crippen molar-refractivity contribution in [2.75, 3.05) is 6.54 Å². The lowest BCUT2D eigenvalue weighted by atomic mass is 10.1. The van der Waals surface area contributed by atoms with E-state index in [1.807, 2.05) is 11.8 Å². The predicted octanol–water partition coefficient (Wildman–Crippen LogP) is 0.735. The Kier molecular flexibility index (Phi) is 2.28. The fourth-order valence-electron chi connectivity index (χ4n) is 2.58. The molecular weight excluding hydrogens is 164 g/mol. The first-order valence-corrected chi connectivity index (χ1v) is 5.28. The number of piperidine rings is 1. The van der Waals surface area contributed by atoms with Gasteiger partial charge in [0.25, 0.3) is 0 Å². The van der Waals surface area contributed by atoms with Gasteiger partial charge in [0.05, 0.1) is 6.04 Å². The third-order valence-corrected chi connectivity index (χ3v) is 3.45. The van der Waals surface area contributed by atoms with E-state index >= 15 is 0 Å². The number of amides is 1. The zero-order valence-corrected chi connectivity index (χ0v) is 8.20. The van der Waals surface area contributed by atoms with E-state index in [1.54, 1.807) is 0 Å². The van der Waals surface area contributed by atoms with Gasteiger partial charge in [-0.05, 0) is 31.6 Å². The summed E-state index contributed by atoms with van der Waals surface area (Å²) in [6, 6.07) is 0.259. The van der Waals surface area contributed by atoms with Crippen LogP contribution in [0.25, 0.3) is 0 Å². The molecule has 2 rings (SSSR count). The summed E-state index contributed by atoms with van der Waals surface area (Å²) >= 11 is 0. The molecule has 3 nitrogen and oxygen atoms in total. The Morgan fingerprint density at radius 1 is 1.62 bits per heavy atom. The lowest BCUT2D eigenvalue weighted by Gasteiger charge is -2.29. The zero-order chi connectivity index (χ0) is 9.42. The van der Waals surface area contributed by atoms with Crippen LogP contribution in [-0.4, -0.2) is 29.4 Å². The summed E-state index contributed by atoms with van der Waals surface area (Å²) in [5.41, 5.74) is 5.74. The van der Waals surface area contributed by atoms with Gasteiger partial charge in [-0.3, -0.25) is 4.79 Å². The lowest BCUT2D eigenvalue weighted by Crippen LogP contribution is -2.46. The maximum atomic E-state index is 11.8. The lowest BCUT2D eigenvalue weighted by molar-refractivity contribution is -0.134. The molecule has 13 heavy (non-hydrogen) atoms. The van der Waals surface area contributed by atoms with Gasteiger partial charge in [0.1, 0.15) is 0 Å². The highest BCUT2D eigenvalue weighted by Crippen LogP contribution is 2.37. The van der Waals surface area contributed by atoms with Gasteiger partial charge < -0.3 is 10.6 Å². The average molecular weight is 182 g/mol. The van der Waals surface area contributed by atoms with Gasteiger partial charge in [-0.15, -0.1) is 0 Å². The molecule has 0 aromatic rings. The third kappa shape index (κ3) is 1.46. The first-order valence-electron chi connectivity index (χ1n) is 5.28. The second-order valence-electron chi connectivity index (χ2n) is 4.34. The first-order chi connectivity index (χ1) is 6.22. The number of nitrogens with zero attached hydrogens (tertiary/aromatic N) is 1. The van der Waals surface area contributed by atoms with E-state index in [9.17, 15) is 4.79 Å². The van der Waals surface area contributed by atoms with E-state index in [0.717, 1.165) is 18.9 Å². The molecule has 0 spiro atoms. The third-order valence-electron chi connectivity index (χ3n) is 3.45. The van der Waals surface area contributed by atoms with Gasteiger partial charge in [0.15, 0.2) is 0 Å². The van der Waals surface area contributed by atoms with Crippen molar-refractivity contribution >= 4 is 5.91 Å². The minimum absolute atomic E-state index is 0.176. The van der Waals surface area contributed by atoms with Crippen molar-refractivity contribution in [3.05, 3.63) is 0 Å². The fraction of sp³-hybridized carbons (Fsp3) is 0.900. The molecule has 74 valence electrons. The summed E-state index contributed by atoms with van der Waals surface area (Å²) in [6.45, 7) is 2.94. The second-order valence-corrected chi connectivity index (χ2v) is 4.34. The number of likely N-dealkylation sites (tertiary alicyclic amines) is 1. The molecule has 1 saturated carbocycles. The van der Waals surface area contributed by atoms with Crippen LogP contribution in [0.1, 0.15) is 32.6 Å². The Labute approximate surface area is 79.3 Å². The molecule has 2 bridgehead atoms. The average Bonchev–Trinajstić information content (AvgIpc) is 2.76. The summed E-state index contributed by atoms with van der Waals surface area (Å²) in [5.74, 6) is 0.952. The largest absolute Gasteiger partial charge is 0.338 e. The molecule has 3 atom stereocenters. The topological polar surface area (TPSA) is 46.3 Å². The monoisotopic (exact) mass is 182 g/mol. The molecule has 0 aromatic carbocycles. The van der Waals surface area contributed by atoms with Crippen molar-refractivity contribution in [3.63, 3.8) is 0 Å². The summed E-state index contributed by atoms with van der Waals surface area (Å²) in [6.07, 6.45) is 4.50. The fourth-order valence-corrected chi connectivity index (χ4v) is 2.58. The number of hydrogen-bond donors (Lipinski definition) is 1. The molecule has 0 aromatic heterocycles. The van der Waals surface area contributed by atoms with E-state index < -0.39 is 0 Å². The van der Waals surface area contributed by atoms with Crippen LogP contribution in [0, 0.1) is 5.92 Å². The van der Waals surface area contributed by atoms with Crippen LogP contribution in [0.5, 0.6) is 0 Å². The Balaban J connectivity index is 1.98. The van der Waals surface area contributed by atoms with Gasteiger partial charge in [-0.25, -0.2) is 0 Å². The summed E-state index contributed by atoms with van der Waals surface area (Å²) in [7, 11) is 0. The number of fused-ring (bicyclic) bond motifs is 2. The van der Waals surface area contributed by atoms with Crippen molar-refractivity contribution in [1.82, 2.24) is 4.90 Å². The van der Waals surface area contributed by atoms with Crippen molar-refractivity contribution in [2.24, 2.45) is 11.7 Å². The molecule has 1 aliphatic carbocycles. The normalized spacial score (nSPS) is 33.8. The summed E-state index contributed by atoms with van der Waals surface area (Å²) in [5, 5.41) is 0. The molecule has 2 aliphatic rings. The van der Waals surface area contributed by atoms with Crippen LogP contribution in [0.3, 0.4) is 0 Å². The summed E-state index contributed by atoms with van der Waals surface area (Å²) < 4.78 is 0. The van der Waals surface area contributed by atoms with Crippen molar-refractivity contribution in [2.45, 2.75) is 44.7 Å². The highest BCUT2D eigenvalue weighted by molar-refractivity contribution is 5.82. The minimum atomic E-state index is -0.264. The number of rotatable bonds is 2. The second kappa shape index (κ2) is 3.29. The SMILES string of the molecule is CC[C@@H](N)C(=O)N1CC2CCC1C2. The summed E-state index contributed by atoms with van der Waals surface area (Å²) in [4.78, 5) is 13.8. The van der Waals surface area contributed by atoms with Gasteiger partial charge in [0.2, 0.25) is 5.91 Å². The van der Waals surface area contributed by atoms with E-state index in [0.29, 0.717) is 6.04 Å². The Bertz CT molecular complexity index is 217. The maximum absolute atomic E-state index is 11.8. The molecule has 1 amide bonds. The molecule has 1 aliphatic heterocycles. The van der Waals surface area contributed by atoms with E-state index in [1.165, 1.54) is 19.3 Å². The Morgan fingerprint density at radius 2 is 2.38 bits per heavy atom. The number of hydrogen-bond acceptors (Lipinski definition) is 2. The predicted molar refractivity (Wildman–Crippen MR) is 51.1 cm³/mol. The maximum Gasteiger partial charge on any atom is 0.239 e. The quantitative estimate of drug-likeness (QED) is 0.684. The molecule has 2 fully saturated rings. The zero-order valence-electron chi connectivity index (χ0n) is 8.20. The number of nitrogens with two attached hydrogens (primary N) is 1. The Hall–Kier alpha value is -0.570. The molecule has 2 N–H and O–H groups in total. The van der Waals surface area contributed by atoms with Crippen LogP contribution < -0.4 is 5.73 Å².